The molecule has 0 aliphatic heterocycles. The quantitative estimate of drug-likeness (QED) is 0.776. The maximum atomic E-state index is 10.6. The molecular weight excluding hydrogens is 194 g/mol. The van der Waals surface area contributed by atoms with Crippen molar-refractivity contribution in [1.82, 2.24) is 9.97 Å². The number of aromatic nitrogens is 2. The van der Waals surface area contributed by atoms with Gasteiger partial charge in [-0.3, -0.25) is 4.79 Å². The number of anilines is 1. The Morgan fingerprint density at radius 1 is 1.67 bits per heavy atom. The number of carboxylic acids is 1. The van der Waals surface area contributed by atoms with Gasteiger partial charge >= 0.3 is 5.97 Å². The molecule has 80 valence electrons. The lowest BCUT2D eigenvalue weighted by molar-refractivity contribution is -0.137. The molecule has 2 N–H and O–H groups in total. The van der Waals surface area contributed by atoms with E-state index in [1.165, 1.54) is 0 Å². The molecule has 5 nitrogen and oxygen atoms in total. The zero-order valence-electron chi connectivity index (χ0n) is 8.47. The van der Waals surface area contributed by atoms with Crippen molar-refractivity contribution in [1.29, 1.82) is 0 Å². The van der Waals surface area contributed by atoms with Crippen LogP contribution in [0.25, 0.3) is 0 Å². The van der Waals surface area contributed by atoms with Crippen LogP contribution in [0, 0.1) is 0 Å². The first-order valence-electron chi connectivity index (χ1n) is 4.99. The van der Waals surface area contributed by atoms with Gasteiger partial charge in [0.1, 0.15) is 17.7 Å². The number of hydrogen-bond acceptors (Lipinski definition) is 4. The molecule has 0 radical (unpaired) electrons. The standard InChI is InChI=1S/C10H13N3O2/c1-6(10(14)15)12-8-4-5-11-9(13-8)7-2-3-7/h4-7H,2-3H2,1H3,(H,14,15)(H,11,12,13). The van der Waals surface area contributed by atoms with E-state index in [4.69, 9.17) is 5.11 Å². The largest absolute Gasteiger partial charge is 0.480 e. The van der Waals surface area contributed by atoms with E-state index < -0.39 is 12.0 Å². The summed E-state index contributed by atoms with van der Waals surface area (Å²) in [6.45, 7) is 1.58. The second kappa shape index (κ2) is 3.84. The fourth-order valence-electron chi connectivity index (χ4n) is 1.28. The highest BCUT2D eigenvalue weighted by Gasteiger charge is 2.26. The molecule has 0 saturated heterocycles. The van der Waals surface area contributed by atoms with Crippen LogP contribution in [-0.2, 0) is 4.79 Å². The number of hydrogen-bond donors (Lipinski definition) is 2. The molecule has 0 spiro atoms. The highest BCUT2D eigenvalue weighted by molar-refractivity contribution is 5.76. The summed E-state index contributed by atoms with van der Waals surface area (Å²) in [5, 5.41) is 11.5. The van der Waals surface area contributed by atoms with Gasteiger partial charge in [-0.05, 0) is 25.8 Å². The molecule has 1 fully saturated rings. The Kier molecular flexibility index (Phi) is 2.53. The van der Waals surface area contributed by atoms with E-state index >= 15 is 0 Å². The van der Waals surface area contributed by atoms with Crippen LogP contribution in [0.4, 0.5) is 5.82 Å². The Morgan fingerprint density at radius 3 is 3.00 bits per heavy atom. The van der Waals surface area contributed by atoms with E-state index in [0.717, 1.165) is 18.7 Å². The van der Waals surface area contributed by atoms with Gasteiger partial charge in [-0.15, -0.1) is 0 Å². The lowest BCUT2D eigenvalue weighted by atomic mass is 10.3. The van der Waals surface area contributed by atoms with Gasteiger partial charge in [-0.25, -0.2) is 9.97 Å². The minimum atomic E-state index is -0.887. The smallest absolute Gasteiger partial charge is 0.325 e. The zero-order chi connectivity index (χ0) is 10.8. The maximum Gasteiger partial charge on any atom is 0.325 e. The average Bonchev–Trinajstić information content (AvgIpc) is 3.01. The molecule has 1 saturated carbocycles. The van der Waals surface area contributed by atoms with Crippen LogP contribution in [0.3, 0.4) is 0 Å². The molecule has 1 aromatic rings. The second-order valence-electron chi connectivity index (χ2n) is 3.78. The van der Waals surface area contributed by atoms with Gasteiger partial charge < -0.3 is 10.4 Å². The van der Waals surface area contributed by atoms with Crippen LogP contribution in [0.1, 0.15) is 31.5 Å². The molecule has 1 heterocycles. The fraction of sp³-hybridized carbons (Fsp3) is 0.500. The number of nitrogens with one attached hydrogen (secondary N) is 1. The van der Waals surface area contributed by atoms with E-state index in [-0.39, 0.29) is 0 Å². The first kappa shape index (κ1) is 9.89. The number of carbonyl (C=O) groups is 1. The molecule has 1 aliphatic carbocycles. The summed E-state index contributed by atoms with van der Waals surface area (Å²) in [5.41, 5.74) is 0. The van der Waals surface area contributed by atoms with Crippen molar-refractivity contribution in [3.05, 3.63) is 18.1 Å². The topological polar surface area (TPSA) is 75.1 Å². The molecule has 0 aromatic carbocycles. The molecule has 0 amide bonds. The van der Waals surface area contributed by atoms with Crippen LogP contribution in [-0.4, -0.2) is 27.1 Å². The predicted octanol–water partition coefficient (Wildman–Crippen LogP) is 1.24. The van der Waals surface area contributed by atoms with E-state index in [1.54, 1.807) is 19.2 Å². The Morgan fingerprint density at radius 2 is 2.40 bits per heavy atom. The molecule has 1 unspecified atom stereocenters. The van der Waals surface area contributed by atoms with Gasteiger partial charge in [-0.1, -0.05) is 0 Å². The van der Waals surface area contributed by atoms with Gasteiger partial charge in [0.2, 0.25) is 0 Å². The van der Waals surface area contributed by atoms with E-state index in [0.29, 0.717) is 11.7 Å². The second-order valence-corrected chi connectivity index (χ2v) is 3.78. The first-order chi connectivity index (χ1) is 7.16. The fourth-order valence-corrected chi connectivity index (χ4v) is 1.28. The van der Waals surface area contributed by atoms with Gasteiger partial charge in [-0.2, -0.15) is 0 Å². The van der Waals surface area contributed by atoms with Crippen molar-refractivity contribution in [2.75, 3.05) is 5.32 Å². The van der Waals surface area contributed by atoms with Gasteiger partial charge in [0, 0.05) is 12.1 Å². The van der Waals surface area contributed by atoms with Crippen LogP contribution in [0.15, 0.2) is 12.3 Å². The molecule has 15 heavy (non-hydrogen) atoms. The number of carboxylic acid groups (broad SMARTS) is 1. The summed E-state index contributed by atoms with van der Waals surface area (Å²) < 4.78 is 0. The highest BCUT2D eigenvalue weighted by Crippen LogP contribution is 2.37. The first-order valence-corrected chi connectivity index (χ1v) is 4.99. The lowest BCUT2D eigenvalue weighted by Gasteiger charge is -2.09. The molecule has 1 aliphatic rings. The van der Waals surface area contributed by atoms with Crippen molar-refractivity contribution in [2.45, 2.75) is 31.7 Å². The van der Waals surface area contributed by atoms with Crippen molar-refractivity contribution in [3.63, 3.8) is 0 Å². The summed E-state index contributed by atoms with van der Waals surface area (Å²) in [5.74, 6) is 0.993. The molecule has 0 bridgehead atoms. The summed E-state index contributed by atoms with van der Waals surface area (Å²) in [4.78, 5) is 19.1. The van der Waals surface area contributed by atoms with Crippen LogP contribution < -0.4 is 5.32 Å². The highest BCUT2D eigenvalue weighted by atomic mass is 16.4. The normalized spacial score (nSPS) is 17.1. The summed E-state index contributed by atoms with van der Waals surface area (Å²) in [6.07, 6.45) is 3.94. The average molecular weight is 207 g/mol. The lowest BCUT2D eigenvalue weighted by Crippen LogP contribution is -2.26. The SMILES string of the molecule is CC(Nc1ccnc(C2CC2)n1)C(=O)O. The molecule has 5 heteroatoms. The summed E-state index contributed by atoms with van der Waals surface area (Å²) in [6, 6.07) is 1.05. The van der Waals surface area contributed by atoms with Gasteiger partial charge in [0.25, 0.3) is 0 Å². The summed E-state index contributed by atoms with van der Waals surface area (Å²) in [7, 11) is 0. The number of rotatable bonds is 4. The van der Waals surface area contributed by atoms with Crippen molar-refractivity contribution in [2.24, 2.45) is 0 Å². The Bertz CT molecular complexity index is 377. The van der Waals surface area contributed by atoms with Gasteiger partial charge in [0.05, 0.1) is 0 Å². The number of aliphatic carboxylic acids is 1. The Balaban J connectivity index is 2.07. The zero-order valence-corrected chi connectivity index (χ0v) is 8.47. The minimum absolute atomic E-state index is 0.479. The molecule has 2 rings (SSSR count). The van der Waals surface area contributed by atoms with E-state index in [9.17, 15) is 4.79 Å². The van der Waals surface area contributed by atoms with E-state index in [2.05, 4.69) is 15.3 Å². The summed E-state index contributed by atoms with van der Waals surface area (Å²) >= 11 is 0. The third-order valence-electron chi connectivity index (χ3n) is 2.35. The Hall–Kier alpha value is -1.65. The van der Waals surface area contributed by atoms with Crippen molar-refractivity contribution < 1.29 is 9.90 Å². The minimum Gasteiger partial charge on any atom is -0.480 e. The van der Waals surface area contributed by atoms with Gasteiger partial charge in [0.15, 0.2) is 0 Å². The third-order valence-corrected chi connectivity index (χ3v) is 2.35. The maximum absolute atomic E-state index is 10.6. The Labute approximate surface area is 87.6 Å². The van der Waals surface area contributed by atoms with Crippen LogP contribution in [0.2, 0.25) is 0 Å². The molecule has 1 aromatic heterocycles. The van der Waals surface area contributed by atoms with Crippen LogP contribution >= 0.6 is 0 Å². The van der Waals surface area contributed by atoms with Crippen molar-refractivity contribution >= 4 is 11.8 Å². The third kappa shape index (κ3) is 2.43. The predicted molar refractivity (Wildman–Crippen MR) is 54.7 cm³/mol. The van der Waals surface area contributed by atoms with Crippen molar-refractivity contribution in [3.8, 4) is 0 Å². The monoisotopic (exact) mass is 207 g/mol. The number of nitrogens with zero attached hydrogens (tertiary/aromatic N) is 2. The van der Waals surface area contributed by atoms with Crippen LogP contribution in [0.5, 0.6) is 0 Å². The molecular formula is C10H13N3O2. The molecule has 1 atom stereocenters. The van der Waals surface area contributed by atoms with E-state index in [1.807, 2.05) is 0 Å².